The SMILES string of the molecule is CC/C=C\C/C=C\C/C=C\CCCCCCCCCC(=O)NC(COP(=O)(O)OCC[N+](C)(C)C)C(O)/C=C/CC/C=C/CC/C=C/CCCCCCCCCCCCC. The van der Waals surface area contributed by atoms with E-state index in [1.165, 1.54) is 96.3 Å². The van der Waals surface area contributed by atoms with Crippen LogP contribution in [0.2, 0.25) is 0 Å². The average molecular weight is 862 g/mol. The zero-order valence-electron chi connectivity index (χ0n) is 39.4. The predicted molar refractivity (Wildman–Crippen MR) is 258 cm³/mol. The van der Waals surface area contributed by atoms with E-state index in [1.54, 1.807) is 6.08 Å². The highest BCUT2D eigenvalue weighted by Crippen LogP contribution is 2.43. The Kier molecular flexibility index (Phi) is 40.8. The molecule has 0 heterocycles. The second-order valence-electron chi connectivity index (χ2n) is 17.4. The van der Waals surface area contributed by atoms with Gasteiger partial charge in [-0.2, -0.15) is 0 Å². The van der Waals surface area contributed by atoms with Crippen molar-refractivity contribution in [3.63, 3.8) is 0 Å². The van der Waals surface area contributed by atoms with Crippen molar-refractivity contribution >= 4 is 13.7 Å². The monoisotopic (exact) mass is 862 g/mol. The topological polar surface area (TPSA) is 105 Å². The number of nitrogens with zero attached hydrogens (tertiary/aromatic N) is 1. The molecule has 3 unspecified atom stereocenters. The molecule has 0 aliphatic carbocycles. The number of carbonyl (C=O) groups is 1. The van der Waals surface area contributed by atoms with Crippen molar-refractivity contribution in [2.45, 2.75) is 206 Å². The number of nitrogens with one attached hydrogen (secondary N) is 1. The van der Waals surface area contributed by atoms with Crippen LogP contribution in [0.15, 0.2) is 72.9 Å². The normalized spacial score (nSPS) is 14.8. The molecule has 0 aliphatic heterocycles. The number of allylic oxidation sites excluding steroid dienone is 11. The largest absolute Gasteiger partial charge is 0.472 e. The molecule has 0 aliphatic rings. The number of aliphatic hydroxyl groups is 1. The fourth-order valence-electron chi connectivity index (χ4n) is 6.56. The maximum Gasteiger partial charge on any atom is 0.472 e. The summed E-state index contributed by atoms with van der Waals surface area (Å²) in [5, 5.41) is 13.8. The van der Waals surface area contributed by atoms with Crippen LogP contribution in [-0.2, 0) is 18.4 Å². The van der Waals surface area contributed by atoms with Gasteiger partial charge in [-0.3, -0.25) is 13.8 Å². The number of carbonyl (C=O) groups excluding carboxylic acids is 1. The van der Waals surface area contributed by atoms with E-state index in [1.807, 2.05) is 27.2 Å². The molecular weight excluding hydrogens is 768 g/mol. The first-order valence-corrected chi connectivity index (χ1v) is 25.8. The Morgan fingerprint density at radius 3 is 1.53 bits per heavy atom. The highest BCUT2D eigenvalue weighted by atomic mass is 31.2. The summed E-state index contributed by atoms with van der Waals surface area (Å²) in [5.74, 6) is -0.204. The van der Waals surface area contributed by atoms with Crippen molar-refractivity contribution in [2.24, 2.45) is 0 Å². The second-order valence-corrected chi connectivity index (χ2v) is 18.9. The van der Waals surface area contributed by atoms with E-state index in [0.717, 1.165) is 77.0 Å². The molecule has 0 saturated carbocycles. The van der Waals surface area contributed by atoms with Gasteiger partial charge in [-0.15, -0.1) is 0 Å². The van der Waals surface area contributed by atoms with Crippen molar-refractivity contribution < 1.29 is 32.9 Å². The fraction of sp³-hybridized carbons (Fsp3) is 0.745. The summed E-state index contributed by atoms with van der Waals surface area (Å²) in [6.07, 6.45) is 57.0. The molecule has 0 saturated heterocycles. The van der Waals surface area contributed by atoms with Crippen molar-refractivity contribution in [1.29, 1.82) is 0 Å². The number of unbranched alkanes of at least 4 members (excludes halogenated alkanes) is 20. The van der Waals surface area contributed by atoms with Gasteiger partial charge in [0.15, 0.2) is 0 Å². The Bertz CT molecular complexity index is 1200. The Balaban J connectivity index is 4.46. The van der Waals surface area contributed by atoms with Gasteiger partial charge in [-0.25, -0.2) is 4.57 Å². The van der Waals surface area contributed by atoms with E-state index in [9.17, 15) is 19.4 Å². The van der Waals surface area contributed by atoms with Crippen molar-refractivity contribution in [3.8, 4) is 0 Å². The molecule has 0 aromatic heterocycles. The number of aliphatic hydroxyl groups excluding tert-OH is 1. The lowest BCUT2D eigenvalue weighted by atomic mass is 10.1. The first-order chi connectivity index (χ1) is 29.0. The molecule has 0 radical (unpaired) electrons. The average Bonchev–Trinajstić information content (AvgIpc) is 3.20. The highest BCUT2D eigenvalue weighted by Gasteiger charge is 2.27. The summed E-state index contributed by atoms with van der Waals surface area (Å²) in [6.45, 7) is 4.66. The van der Waals surface area contributed by atoms with Crippen LogP contribution in [-0.4, -0.2) is 73.4 Å². The molecule has 348 valence electrons. The number of rotatable bonds is 43. The lowest BCUT2D eigenvalue weighted by Crippen LogP contribution is -2.45. The minimum atomic E-state index is -4.36. The zero-order valence-corrected chi connectivity index (χ0v) is 40.3. The molecule has 60 heavy (non-hydrogen) atoms. The number of quaternary nitrogens is 1. The number of phosphoric acid groups is 1. The van der Waals surface area contributed by atoms with Gasteiger partial charge in [0.25, 0.3) is 0 Å². The molecule has 0 aromatic carbocycles. The number of amides is 1. The van der Waals surface area contributed by atoms with Crippen LogP contribution in [0.4, 0.5) is 0 Å². The predicted octanol–water partition coefficient (Wildman–Crippen LogP) is 14.0. The Labute approximate surface area is 370 Å². The highest BCUT2D eigenvalue weighted by molar-refractivity contribution is 7.47. The van der Waals surface area contributed by atoms with E-state index in [0.29, 0.717) is 17.4 Å². The van der Waals surface area contributed by atoms with Crippen molar-refractivity contribution in [1.82, 2.24) is 5.32 Å². The molecule has 0 rings (SSSR count). The van der Waals surface area contributed by atoms with Crippen LogP contribution in [0.25, 0.3) is 0 Å². The number of phosphoric ester groups is 1. The van der Waals surface area contributed by atoms with Crippen LogP contribution in [0.3, 0.4) is 0 Å². The van der Waals surface area contributed by atoms with Gasteiger partial charge in [0.05, 0.1) is 39.9 Å². The van der Waals surface area contributed by atoms with E-state index in [2.05, 4.69) is 79.9 Å². The zero-order chi connectivity index (χ0) is 44.3. The summed E-state index contributed by atoms with van der Waals surface area (Å²) < 4.78 is 23.6. The van der Waals surface area contributed by atoms with E-state index in [4.69, 9.17) is 9.05 Å². The van der Waals surface area contributed by atoms with Crippen molar-refractivity contribution in [3.05, 3.63) is 72.9 Å². The van der Waals surface area contributed by atoms with Gasteiger partial charge in [-0.05, 0) is 77.0 Å². The van der Waals surface area contributed by atoms with Crippen LogP contribution in [0.5, 0.6) is 0 Å². The molecule has 3 N–H and O–H groups in total. The standard InChI is InChI=1S/C51H93N2O6P/c1-6-8-10-12-14-16-18-20-22-24-25-26-27-29-30-32-34-36-38-40-42-44-50(54)49(48-59-60(56,57)58-47-46-53(3,4)5)52-51(55)45-43-41-39-37-35-33-31-28-23-21-19-17-15-13-11-9-7-2/h9,11,15,17,21,23,27,29,34,36,42,44,49-50,54H,6-8,10,12-14,16,18-20,22,24-26,28,30-33,35,37-41,43,45-48H2,1-5H3,(H-,52,55,56,57)/p+1/b11-9-,17-15-,23-21-,29-27+,36-34+,44-42+. The number of hydrogen-bond acceptors (Lipinski definition) is 5. The van der Waals surface area contributed by atoms with Gasteiger partial charge in [0.2, 0.25) is 5.91 Å². The number of hydrogen-bond donors (Lipinski definition) is 3. The molecular formula is C51H94N2O6P+. The maximum atomic E-state index is 12.9. The lowest BCUT2D eigenvalue weighted by Gasteiger charge is -2.25. The molecule has 0 aromatic rings. The summed E-state index contributed by atoms with van der Waals surface area (Å²) in [7, 11) is 1.53. The smallest absolute Gasteiger partial charge is 0.387 e. The van der Waals surface area contributed by atoms with E-state index < -0.39 is 20.0 Å². The second kappa shape index (κ2) is 42.3. The van der Waals surface area contributed by atoms with Gasteiger partial charge in [0.1, 0.15) is 13.2 Å². The quantitative estimate of drug-likeness (QED) is 0.0244. The molecule has 0 bridgehead atoms. The minimum Gasteiger partial charge on any atom is -0.387 e. The molecule has 0 spiro atoms. The summed E-state index contributed by atoms with van der Waals surface area (Å²) >= 11 is 0. The summed E-state index contributed by atoms with van der Waals surface area (Å²) in [5.41, 5.74) is 0. The third-order valence-corrected chi connectivity index (χ3v) is 11.4. The van der Waals surface area contributed by atoms with Crippen LogP contribution in [0.1, 0.15) is 194 Å². The van der Waals surface area contributed by atoms with Gasteiger partial charge < -0.3 is 19.8 Å². The Hall–Kier alpha value is -2.06. The first kappa shape index (κ1) is 57.9. The molecule has 1 amide bonds. The summed E-state index contributed by atoms with van der Waals surface area (Å²) in [6, 6.07) is -0.878. The van der Waals surface area contributed by atoms with Gasteiger partial charge in [-0.1, -0.05) is 183 Å². The van der Waals surface area contributed by atoms with Crippen LogP contribution >= 0.6 is 7.82 Å². The van der Waals surface area contributed by atoms with E-state index in [-0.39, 0.29) is 19.1 Å². The molecule has 3 atom stereocenters. The Morgan fingerprint density at radius 1 is 0.583 bits per heavy atom. The maximum absolute atomic E-state index is 12.9. The van der Waals surface area contributed by atoms with Crippen LogP contribution < -0.4 is 5.32 Å². The first-order valence-electron chi connectivity index (χ1n) is 24.3. The van der Waals surface area contributed by atoms with Crippen molar-refractivity contribution in [2.75, 3.05) is 40.9 Å². The number of likely N-dealkylation sites (N-methyl/N-ethyl adjacent to an activating group) is 1. The third kappa shape index (κ3) is 44.0. The van der Waals surface area contributed by atoms with Gasteiger partial charge in [0, 0.05) is 6.42 Å². The fourth-order valence-corrected chi connectivity index (χ4v) is 7.29. The van der Waals surface area contributed by atoms with Crippen LogP contribution in [0, 0.1) is 0 Å². The third-order valence-electron chi connectivity index (χ3n) is 10.4. The summed E-state index contributed by atoms with van der Waals surface area (Å²) in [4.78, 5) is 23.2. The van der Waals surface area contributed by atoms with Gasteiger partial charge >= 0.3 is 7.82 Å². The molecule has 9 heteroatoms. The molecule has 8 nitrogen and oxygen atoms in total. The Morgan fingerprint density at radius 2 is 1.02 bits per heavy atom. The van der Waals surface area contributed by atoms with E-state index >= 15 is 0 Å². The lowest BCUT2D eigenvalue weighted by molar-refractivity contribution is -0.870. The minimum absolute atomic E-state index is 0.0481. The molecule has 0 fully saturated rings.